The van der Waals surface area contributed by atoms with E-state index in [4.69, 9.17) is 4.74 Å². The topological polar surface area (TPSA) is 103 Å². The van der Waals surface area contributed by atoms with Gasteiger partial charge in [-0.25, -0.2) is 4.79 Å². The summed E-state index contributed by atoms with van der Waals surface area (Å²) in [5.74, 6) is -0.284. The van der Waals surface area contributed by atoms with E-state index in [0.29, 0.717) is 42.9 Å². The first-order valence-electron chi connectivity index (χ1n) is 9.24. The van der Waals surface area contributed by atoms with Gasteiger partial charge in [-0.05, 0) is 35.9 Å². The van der Waals surface area contributed by atoms with E-state index in [1.165, 1.54) is 33.6 Å². The molecule has 29 heavy (non-hydrogen) atoms. The second-order valence-corrected chi connectivity index (χ2v) is 9.05. The summed E-state index contributed by atoms with van der Waals surface area (Å²) in [5, 5.41) is 24.2. The zero-order valence-corrected chi connectivity index (χ0v) is 17.1. The number of likely N-dealkylation sites (tertiary alicyclic amines) is 1. The molecule has 2 aromatic rings. The highest BCUT2D eigenvalue weighted by Gasteiger charge is 2.33. The van der Waals surface area contributed by atoms with Crippen molar-refractivity contribution in [3.63, 3.8) is 0 Å². The molecule has 0 spiro atoms. The number of carbonyl (C=O) groups excluding carboxylic acids is 2. The van der Waals surface area contributed by atoms with Crippen molar-refractivity contribution in [2.45, 2.75) is 31.5 Å². The lowest BCUT2D eigenvalue weighted by atomic mass is 9.94. The molecule has 2 N–H and O–H groups in total. The van der Waals surface area contributed by atoms with Gasteiger partial charge in [-0.1, -0.05) is 6.07 Å². The predicted octanol–water partition coefficient (Wildman–Crippen LogP) is 3.00. The summed E-state index contributed by atoms with van der Waals surface area (Å²) in [5.41, 5.74) is 1.43. The van der Waals surface area contributed by atoms with Gasteiger partial charge in [0.05, 0.1) is 24.8 Å². The van der Waals surface area contributed by atoms with Crippen molar-refractivity contribution in [1.82, 2.24) is 4.90 Å². The molecule has 7 nitrogen and oxygen atoms in total. The summed E-state index contributed by atoms with van der Waals surface area (Å²) in [6.07, 6.45) is 3.84. The fourth-order valence-corrected chi connectivity index (χ4v) is 5.27. The van der Waals surface area contributed by atoms with E-state index in [-0.39, 0.29) is 12.0 Å². The van der Waals surface area contributed by atoms with Gasteiger partial charge >= 0.3 is 6.09 Å². The molecular formula is C20H19N3O4S2. The van der Waals surface area contributed by atoms with Crippen LogP contribution in [0.3, 0.4) is 0 Å². The van der Waals surface area contributed by atoms with Crippen LogP contribution in [-0.4, -0.2) is 47.3 Å². The van der Waals surface area contributed by atoms with Crippen LogP contribution < -0.4 is 5.32 Å². The fraction of sp³-hybridized carbons (Fsp3) is 0.350. The van der Waals surface area contributed by atoms with E-state index < -0.39 is 12.2 Å². The standard InChI is InChI=1S/C20H19N3O4S2/c21-9-16-15-5-3-13(27-20(26)23-10-12(24)11-23)8-17(15)29-19(16)22-18(25)6-4-14-2-1-7-28-14/h1-2,4,6-7,12-13,24H,3,5,8,10-11H2,(H,22,25). The van der Waals surface area contributed by atoms with Gasteiger partial charge in [-0.2, -0.15) is 5.26 Å². The van der Waals surface area contributed by atoms with Crippen molar-refractivity contribution in [2.75, 3.05) is 18.4 Å². The molecule has 0 bridgehead atoms. The van der Waals surface area contributed by atoms with E-state index >= 15 is 0 Å². The van der Waals surface area contributed by atoms with Crippen molar-refractivity contribution in [1.29, 1.82) is 5.26 Å². The van der Waals surface area contributed by atoms with Crippen LogP contribution in [0.4, 0.5) is 9.80 Å². The highest BCUT2D eigenvalue weighted by Crippen LogP contribution is 2.38. The summed E-state index contributed by atoms with van der Waals surface area (Å²) in [6.45, 7) is 0.618. The number of nitrogens with one attached hydrogen (secondary N) is 1. The number of amides is 2. The van der Waals surface area contributed by atoms with Gasteiger partial charge < -0.3 is 20.1 Å². The molecular weight excluding hydrogens is 410 g/mol. The summed E-state index contributed by atoms with van der Waals surface area (Å²) in [7, 11) is 0. The number of rotatable bonds is 4. The number of hydrogen-bond acceptors (Lipinski definition) is 7. The highest BCUT2D eigenvalue weighted by molar-refractivity contribution is 7.16. The number of aliphatic hydroxyl groups is 1. The minimum atomic E-state index is -0.462. The van der Waals surface area contributed by atoms with E-state index in [9.17, 15) is 20.0 Å². The first-order chi connectivity index (χ1) is 14.0. The third-order valence-corrected chi connectivity index (χ3v) is 6.91. The van der Waals surface area contributed by atoms with Crippen LogP contribution in [0.1, 0.15) is 27.3 Å². The molecule has 2 aromatic heterocycles. The van der Waals surface area contributed by atoms with Crippen LogP contribution in [0, 0.1) is 11.3 Å². The molecule has 0 aromatic carbocycles. The monoisotopic (exact) mass is 429 g/mol. The molecule has 150 valence electrons. The van der Waals surface area contributed by atoms with Gasteiger partial charge in [0, 0.05) is 22.3 Å². The number of β-amino-alcohol motifs (C(OH)–C–C–N with tert-alkyl or cyclic N) is 1. The molecule has 1 saturated heterocycles. The van der Waals surface area contributed by atoms with E-state index in [1.54, 1.807) is 6.08 Å². The average Bonchev–Trinajstić information content (AvgIpc) is 3.30. The van der Waals surface area contributed by atoms with Crippen LogP contribution in [-0.2, 0) is 22.4 Å². The number of carbonyl (C=O) groups is 2. The second kappa shape index (κ2) is 8.37. The summed E-state index contributed by atoms with van der Waals surface area (Å²) in [4.78, 5) is 27.7. The van der Waals surface area contributed by atoms with Crippen LogP contribution in [0.25, 0.3) is 6.08 Å². The zero-order valence-electron chi connectivity index (χ0n) is 15.5. The molecule has 1 aliphatic carbocycles. The van der Waals surface area contributed by atoms with Crippen molar-refractivity contribution < 1.29 is 19.4 Å². The predicted molar refractivity (Wildman–Crippen MR) is 111 cm³/mol. The Morgan fingerprint density at radius 2 is 2.24 bits per heavy atom. The zero-order chi connectivity index (χ0) is 20.4. The number of thiophene rings is 2. The smallest absolute Gasteiger partial charge is 0.410 e. The van der Waals surface area contributed by atoms with Crippen LogP contribution in [0.15, 0.2) is 23.6 Å². The number of anilines is 1. The van der Waals surface area contributed by atoms with Gasteiger partial charge in [0.1, 0.15) is 17.2 Å². The van der Waals surface area contributed by atoms with Gasteiger partial charge in [-0.15, -0.1) is 22.7 Å². The first kappa shape index (κ1) is 19.6. The van der Waals surface area contributed by atoms with Crippen molar-refractivity contribution in [3.8, 4) is 6.07 Å². The summed E-state index contributed by atoms with van der Waals surface area (Å²) >= 11 is 2.91. The van der Waals surface area contributed by atoms with Gasteiger partial charge in [-0.3, -0.25) is 4.79 Å². The van der Waals surface area contributed by atoms with Gasteiger partial charge in [0.2, 0.25) is 5.91 Å². The Kier molecular flexibility index (Phi) is 5.67. The molecule has 2 aliphatic rings. The minimum Gasteiger partial charge on any atom is -0.446 e. The number of hydrogen-bond donors (Lipinski definition) is 2. The fourth-order valence-electron chi connectivity index (χ4n) is 3.38. The number of ether oxygens (including phenoxy) is 1. The van der Waals surface area contributed by atoms with Crippen molar-refractivity contribution in [2.24, 2.45) is 0 Å². The highest BCUT2D eigenvalue weighted by atomic mass is 32.1. The van der Waals surface area contributed by atoms with Crippen LogP contribution >= 0.6 is 22.7 Å². The average molecular weight is 430 g/mol. The van der Waals surface area contributed by atoms with Crippen LogP contribution in [0.2, 0.25) is 0 Å². The van der Waals surface area contributed by atoms with Crippen molar-refractivity contribution in [3.05, 3.63) is 44.5 Å². The Morgan fingerprint density at radius 3 is 2.93 bits per heavy atom. The molecule has 9 heteroatoms. The van der Waals surface area contributed by atoms with Crippen LogP contribution in [0.5, 0.6) is 0 Å². The normalized spacial score (nSPS) is 18.8. The Labute approximate surface area is 175 Å². The van der Waals surface area contributed by atoms with E-state index in [0.717, 1.165) is 15.3 Å². The summed E-state index contributed by atoms with van der Waals surface area (Å²) in [6, 6.07) is 6.04. The molecule has 2 amide bonds. The maximum atomic E-state index is 12.2. The van der Waals surface area contributed by atoms with Gasteiger partial charge in [0.15, 0.2) is 0 Å². The first-order valence-corrected chi connectivity index (χ1v) is 10.9. The maximum Gasteiger partial charge on any atom is 0.410 e. The number of nitrogens with zero attached hydrogens (tertiary/aromatic N) is 2. The SMILES string of the molecule is N#Cc1c(NC(=O)C=Cc2cccs2)sc2c1CCC(OC(=O)N1CC(O)C1)C2. The molecule has 1 aliphatic heterocycles. The summed E-state index contributed by atoms with van der Waals surface area (Å²) < 4.78 is 5.55. The molecule has 0 saturated carbocycles. The van der Waals surface area contributed by atoms with E-state index in [2.05, 4.69) is 11.4 Å². The lowest BCUT2D eigenvalue weighted by molar-refractivity contribution is -0.111. The number of nitriles is 1. The molecule has 4 rings (SSSR count). The number of aliphatic hydroxyl groups excluding tert-OH is 1. The lowest BCUT2D eigenvalue weighted by Crippen LogP contribution is -2.54. The largest absolute Gasteiger partial charge is 0.446 e. The quantitative estimate of drug-likeness (QED) is 0.728. The molecule has 3 heterocycles. The molecule has 1 fully saturated rings. The molecule has 0 radical (unpaired) electrons. The van der Waals surface area contributed by atoms with Gasteiger partial charge in [0.25, 0.3) is 0 Å². The third-order valence-electron chi connectivity index (χ3n) is 4.90. The Morgan fingerprint density at radius 1 is 1.41 bits per heavy atom. The molecule has 1 unspecified atom stereocenters. The lowest BCUT2D eigenvalue weighted by Gasteiger charge is -2.36. The Hall–Kier alpha value is -2.67. The Bertz CT molecular complexity index is 984. The molecule has 1 atom stereocenters. The minimum absolute atomic E-state index is 0.264. The number of fused-ring (bicyclic) bond motifs is 1. The van der Waals surface area contributed by atoms with Crippen molar-refractivity contribution >= 4 is 45.8 Å². The second-order valence-electron chi connectivity index (χ2n) is 6.97. The maximum absolute atomic E-state index is 12.2. The Balaban J connectivity index is 1.41. The van der Waals surface area contributed by atoms with E-state index in [1.807, 2.05) is 17.5 Å². The third kappa shape index (κ3) is 4.34.